The maximum Gasteiger partial charge on any atom is 0.249 e. The van der Waals surface area contributed by atoms with Crippen molar-refractivity contribution in [1.82, 2.24) is 30.5 Å². The second kappa shape index (κ2) is 10.5. The highest BCUT2D eigenvalue weighted by Crippen LogP contribution is 2.30. The van der Waals surface area contributed by atoms with Crippen molar-refractivity contribution in [2.24, 2.45) is 5.73 Å². The number of para-hydroxylation sites is 1. The molecule has 3 heterocycles. The zero-order valence-electron chi connectivity index (χ0n) is 21.2. The van der Waals surface area contributed by atoms with Crippen LogP contribution in [0.3, 0.4) is 0 Å². The number of aryl methyl sites for hydroxylation is 1. The average Bonchev–Trinajstić information content (AvgIpc) is 3.51. The zero-order valence-corrected chi connectivity index (χ0v) is 22.8. The molecular weight excluding hydrogens is 548 g/mol. The molecule has 2 aromatic carbocycles. The van der Waals surface area contributed by atoms with Gasteiger partial charge in [0.25, 0.3) is 0 Å². The van der Waals surface area contributed by atoms with E-state index in [2.05, 4.69) is 41.9 Å². The molecule has 1 aliphatic heterocycles. The molecule has 0 saturated carbocycles. The maximum absolute atomic E-state index is 13.7. The van der Waals surface area contributed by atoms with Crippen LogP contribution in [-0.2, 0) is 22.6 Å². The SMILES string of the molecule is CC(C)(N)CC(=O)N[C@@H]1CCc2ccccc2N(Cc2ccc(-n3cc(Br)cc3-c3nn[nH]n3)cc2)C1=O. The highest BCUT2D eigenvalue weighted by Gasteiger charge is 2.32. The summed E-state index contributed by atoms with van der Waals surface area (Å²) >= 11 is 3.53. The van der Waals surface area contributed by atoms with E-state index < -0.39 is 11.6 Å². The fourth-order valence-electron chi connectivity index (χ4n) is 4.70. The molecular formula is C27H29BrN8O2. The molecule has 0 bridgehead atoms. The van der Waals surface area contributed by atoms with Gasteiger partial charge >= 0.3 is 0 Å². The van der Waals surface area contributed by atoms with Crippen LogP contribution in [0.2, 0.25) is 0 Å². The van der Waals surface area contributed by atoms with Crippen LogP contribution in [0.15, 0.2) is 65.3 Å². The summed E-state index contributed by atoms with van der Waals surface area (Å²) in [5.74, 6) is 0.134. The molecule has 2 amide bonds. The van der Waals surface area contributed by atoms with Crippen molar-refractivity contribution in [2.75, 3.05) is 4.90 Å². The molecule has 11 heteroatoms. The van der Waals surface area contributed by atoms with Gasteiger partial charge in [-0.2, -0.15) is 5.21 Å². The van der Waals surface area contributed by atoms with E-state index in [-0.39, 0.29) is 18.2 Å². The Morgan fingerprint density at radius 2 is 1.97 bits per heavy atom. The first-order valence-corrected chi connectivity index (χ1v) is 13.2. The molecule has 196 valence electrons. The third-order valence-corrected chi connectivity index (χ3v) is 6.85. The number of hydrogen-bond acceptors (Lipinski definition) is 6. The molecule has 0 saturated heterocycles. The number of aromatic amines is 1. The standard InChI is InChI=1S/C27H29BrN8O2/c1-27(2,29)14-24(37)30-21-12-9-18-5-3-4-6-22(18)36(26(21)38)15-17-7-10-20(11-8-17)35-16-19(28)13-23(35)25-31-33-34-32-25/h3-8,10-11,13,16,21H,9,12,14-15,29H2,1-2H3,(H,30,37)(H,31,32,33,34)/t21-/m1/s1. The molecule has 4 aromatic rings. The zero-order chi connectivity index (χ0) is 26.9. The van der Waals surface area contributed by atoms with Crippen LogP contribution in [0.4, 0.5) is 5.69 Å². The highest BCUT2D eigenvalue weighted by atomic mass is 79.9. The quantitative estimate of drug-likeness (QED) is 0.308. The summed E-state index contributed by atoms with van der Waals surface area (Å²) in [5.41, 5.74) is 9.98. The Morgan fingerprint density at radius 3 is 2.68 bits per heavy atom. The van der Waals surface area contributed by atoms with Crippen molar-refractivity contribution >= 4 is 33.4 Å². The lowest BCUT2D eigenvalue weighted by molar-refractivity contribution is -0.128. The number of tetrazole rings is 1. The van der Waals surface area contributed by atoms with E-state index >= 15 is 0 Å². The lowest BCUT2D eigenvalue weighted by Crippen LogP contribution is -2.49. The normalized spacial score (nSPS) is 15.7. The molecule has 0 fully saturated rings. The molecule has 0 spiro atoms. The van der Waals surface area contributed by atoms with Gasteiger partial charge in [-0.3, -0.25) is 9.59 Å². The third kappa shape index (κ3) is 5.68. The minimum absolute atomic E-state index is 0.129. The number of H-pyrrole nitrogens is 1. The fraction of sp³-hybridized carbons (Fsp3) is 0.296. The lowest BCUT2D eigenvalue weighted by atomic mass is 10.0. The Morgan fingerprint density at radius 1 is 1.21 bits per heavy atom. The molecule has 2 aromatic heterocycles. The van der Waals surface area contributed by atoms with Gasteiger partial charge < -0.3 is 20.5 Å². The van der Waals surface area contributed by atoms with Gasteiger partial charge in [-0.1, -0.05) is 30.3 Å². The number of halogens is 1. The molecule has 1 atom stereocenters. The minimum Gasteiger partial charge on any atom is -0.344 e. The van der Waals surface area contributed by atoms with Crippen LogP contribution < -0.4 is 16.0 Å². The topological polar surface area (TPSA) is 135 Å². The van der Waals surface area contributed by atoms with Crippen molar-refractivity contribution in [3.8, 4) is 17.2 Å². The van der Waals surface area contributed by atoms with Crippen molar-refractivity contribution < 1.29 is 9.59 Å². The van der Waals surface area contributed by atoms with Gasteiger partial charge in [-0.05, 0) is 83.2 Å². The van der Waals surface area contributed by atoms with Crippen LogP contribution in [0.1, 0.15) is 37.8 Å². The highest BCUT2D eigenvalue weighted by molar-refractivity contribution is 9.10. The van der Waals surface area contributed by atoms with E-state index in [1.54, 1.807) is 18.7 Å². The summed E-state index contributed by atoms with van der Waals surface area (Å²) in [7, 11) is 0. The van der Waals surface area contributed by atoms with E-state index in [0.717, 1.165) is 32.7 Å². The van der Waals surface area contributed by atoms with Crippen molar-refractivity contribution in [2.45, 2.75) is 51.2 Å². The number of benzene rings is 2. The van der Waals surface area contributed by atoms with E-state index in [1.165, 1.54) is 0 Å². The minimum atomic E-state index is -0.652. The Kier molecular flexibility index (Phi) is 7.13. The summed E-state index contributed by atoms with van der Waals surface area (Å²) in [4.78, 5) is 28.1. The first-order valence-electron chi connectivity index (χ1n) is 12.4. The number of carbonyl (C=O) groups excluding carboxylic acids is 2. The Balaban J connectivity index is 1.40. The Hall–Kier alpha value is -3.83. The van der Waals surface area contributed by atoms with Gasteiger partial charge in [0, 0.05) is 34.0 Å². The van der Waals surface area contributed by atoms with E-state index in [4.69, 9.17) is 5.73 Å². The number of rotatable bonds is 7. The molecule has 1 aliphatic rings. The number of carbonyl (C=O) groups is 2. The monoisotopic (exact) mass is 576 g/mol. The molecule has 0 unspecified atom stereocenters. The predicted molar refractivity (Wildman–Crippen MR) is 147 cm³/mol. The summed E-state index contributed by atoms with van der Waals surface area (Å²) in [6.45, 7) is 3.97. The van der Waals surface area contributed by atoms with Crippen molar-refractivity contribution in [1.29, 1.82) is 0 Å². The van der Waals surface area contributed by atoms with Crippen LogP contribution in [0, 0.1) is 0 Å². The molecule has 0 radical (unpaired) electrons. The first kappa shape index (κ1) is 25.8. The number of amides is 2. The van der Waals surface area contributed by atoms with Gasteiger partial charge in [-0.15, -0.1) is 10.2 Å². The predicted octanol–water partition coefficient (Wildman–Crippen LogP) is 3.51. The van der Waals surface area contributed by atoms with Crippen LogP contribution in [0.25, 0.3) is 17.2 Å². The number of hydrogen-bond donors (Lipinski definition) is 3. The number of anilines is 1. The van der Waals surface area contributed by atoms with Crippen LogP contribution in [0.5, 0.6) is 0 Å². The Labute approximate surface area is 228 Å². The van der Waals surface area contributed by atoms with Crippen molar-refractivity contribution in [3.05, 3.63) is 76.4 Å². The number of nitrogens with two attached hydrogens (primary N) is 1. The maximum atomic E-state index is 13.7. The first-order chi connectivity index (χ1) is 18.2. The van der Waals surface area contributed by atoms with Gasteiger partial charge in [0.15, 0.2) is 0 Å². The van der Waals surface area contributed by atoms with Gasteiger partial charge in [0.1, 0.15) is 6.04 Å². The van der Waals surface area contributed by atoms with E-state index in [1.807, 2.05) is 65.4 Å². The smallest absolute Gasteiger partial charge is 0.249 e. The van der Waals surface area contributed by atoms with E-state index in [0.29, 0.717) is 25.2 Å². The Bertz CT molecular complexity index is 1440. The number of fused-ring (bicyclic) bond motifs is 1. The fourth-order valence-corrected chi connectivity index (χ4v) is 5.12. The van der Waals surface area contributed by atoms with Crippen LogP contribution in [-0.4, -0.2) is 48.6 Å². The molecule has 5 rings (SSSR count). The summed E-state index contributed by atoms with van der Waals surface area (Å²) in [6, 6.07) is 17.2. The number of aromatic nitrogens is 5. The number of nitrogens with one attached hydrogen (secondary N) is 2. The summed E-state index contributed by atoms with van der Waals surface area (Å²) in [6.07, 6.45) is 3.30. The third-order valence-electron chi connectivity index (χ3n) is 6.42. The second-order valence-electron chi connectivity index (χ2n) is 10.2. The largest absolute Gasteiger partial charge is 0.344 e. The lowest BCUT2D eigenvalue weighted by Gasteiger charge is -2.27. The molecule has 38 heavy (non-hydrogen) atoms. The van der Waals surface area contributed by atoms with E-state index in [9.17, 15) is 9.59 Å². The molecule has 4 N–H and O–H groups in total. The molecule has 0 aliphatic carbocycles. The van der Waals surface area contributed by atoms with Crippen molar-refractivity contribution in [3.63, 3.8) is 0 Å². The van der Waals surface area contributed by atoms with Gasteiger partial charge in [0.2, 0.25) is 17.6 Å². The van der Waals surface area contributed by atoms with Gasteiger partial charge in [0.05, 0.1) is 12.2 Å². The van der Waals surface area contributed by atoms with Crippen LogP contribution >= 0.6 is 15.9 Å². The second-order valence-corrected chi connectivity index (χ2v) is 11.1. The number of nitrogens with zero attached hydrogens (tertiary/aromatic N) is 5. The van der Waals surface area contributed by atoms with Gasteiger partial charge in [-0.25, -0.2) is 0 Å². The molecule has 10 nitrogen and oxygen atoms in total. The summed E-state index contributed by atoms with van der Waals surface area (Å²) in [5, 5.41) is 17.3. The average molecular weight is 577 g/mol. The summed E-state index contributed by atoms with van der Waals surface area (Å²) < 4.78 is 2.86.